The highest BCUT2D eigenvalue weighted by Gasteiger charge is 2.40. The molecule has 0 spiro atoms. The Morgan fingerprint density at radius 3 is 2.61 bits per heavy atom. The minimum atomic E-state index is -0.386. The average molecular weight is 268 g/mol. The van der Waals surface area contributed by atoms with E-state index in [0.29, 0.717) is 11.6 Å². The van der Waals surface area contributed by atoms with E-state index in [0.717, 1.165) is 18.4 Å². The van der Waals surface area contributed by atoms with Crippen LogP contribution in [0.1, 0.15) is 44.1 Å². The van der Waals surface area contributed by atoms with Crippen molar-refractivity contribution in [1.29, 1.82) is 0 Å². The summed E-state index contributed by atoms with van der Waals surface area (Å²) in [6.07, 6.45) is 4.21. The molecule has 1 saturated carbocycles. The first-order chi connectivity index (χ1) is 8.57. The molecule has 2 nitrogen and oxygen atoms in total. The third kappa shape index (κ3) is 2.71. The second kappa shape index (κ2) is 5.60. The van der Waals surface area contributed by atoms with Crippen LogP contribution in [0.25, 0.3) is 0 Å². The van der Waals surface area contributed by atoms with Gasteiger partial charge in [0.1, 0.15) is 0 Å². The second-order valence-corrected chi connectivity index (χ2v) is 6.14. The first kappa shape index (κ1) is 13.9. The third-order valence-corrected chi connectivity index (χ3v) is 4.61. The highest BCUT2D eigenvalue weighted by Crippen LogP contribution is 2.44. The van der Waals surface area contributed by atoms with Gasteiger partial charge in [0.05, 0.1) is 6.10 Å². The fourth-order valence-electron chi connectivity index (χ4n) is 3.15. The van der Waals surface area contributed by atoms with E-state index in [1.807, 2.05) is 24.3 Å². The van der Waals surface area contributed by atoms with Crippen LogP contribution in [0, 0.1) is 5.41 Å². The zero-order valence-electron chi connectivity index (χ0n) is 10.9. The van der Waals surface area contributed by atoms with Crippen LogP contribution in [0.3, 0.4) is 0 Å². The molecule has 3 heteroatoms. The van der Waals surface area contributed by atoms with Crippen molar-refractivity contribution in [2.75, 3.05) is 6.54 Å². The summed E-state index contributed by atoms with van der Waals surface area (Å²) in [7, 11) is 0. The Morgan fingerprint density at radius 1 is 1.39 bits per heavy atom. The van der Waals surface area contributed by atoms with Crippen LogP contribution in [0.5, 0.6) is 0 Å². The van der Waals surface area contributed by atoms with Crippen molar-refractivity contribution < 1.29 is 5.11 Å². The third-order valence-electron chi connectivity index (χ3n) is 4.37. The standard InChI is InChI=1S/C15H22ClNO/c1-15(7-2-3-8-15)14(18)13(10-17)11-5-4-6-12(16)9-11/h4-6,9,13-14,18H,2-3,7-8,10,17H2,1H3. The van der Waals surface area contributed by atoms with Crippen LogP contribution < -0.4 is 5.73 Å². The quantitative estimate of drug-likeness (QED) is 0.879. The lowest BCUT2D eigenvalue weighted by Crippen LogP contribution is -2.38. The summed E-state index contributed by atoms with van der Waals surface area (Å²) >= 11 is 6.02. The van der Waals surface area contributed by atoms with Gasteiger partial charge in [0.25, 0.3) is 0 Å². The maximum absolute atomic E-state index is 10.7. The first-order valence-electron chi connectivity index (χ1n) is 6.70. The van der Waals surface area contributed by atoms with Gasteiger partial charge in [0.2, 0.25) is 0 Å². The van der Waals surface area contributed by atoms with Gasteiger partial charge in [-0.25, -0.2) is 0 Å². The molecule has 0 amide bonds. The minimum absolute atomic E-state index is 0.00630. The molecule has 0 aliphatic heterocycles. The molecule has 0 heterocycles. The van der Waals surface area contributed by atoms with Crippen molar-refractivity contribution in [1.82, 2.24) is 0 Å². The maximum Gasteiger partial charge on any atom is 0.0674 e. The number of aliphatic hydroxyl groups is 1. The van der Waals surface area contributed by atoms with Gasteiger partial charge in [-0.1, -0.05) is 43.5 Å². The fourth-order valence-corrected chi connectivity index (χ4v) is 3.35. The van der Waals surface area contributed by atoms with Crippen molar-refractivity contribution in [3.05, 3.63) is 34.9 Å². The summed E-state index contributed by atoms with van der Waals surface area (Å²) in [5.41, 5.74) is 6.93. The number of aliphatic hydroxyl groups excluding tert-OH is 1. The Labute approximate surface area is 114 Å². The molecule has 0 aromatic heterocycles. The predicted octanol–water partition coefficient (Wildman–Crippen LogP) is 3.32. The zero-order valence-corrected chi connectivity index (χ0v) is 11.7. The fraction of sp³-hybridized carbons (Fsp3) is 0.600. The zero-order chi connectivity index (χ0) is 13.2. The lowest BCUT2D eigenvalue weighted by Gasteiger charge is -2.35. The van der Waals surface area contributed by atoms with E-state index in [4.69, 9.17) is 17.3 Å². The summed E-state index contributed by atoms with van der Waals surface area (Å²) in [5.74, 6) is -0.0215. The van der Waals surface area contributed by atoms with Gasteiger partial charge < -0.3 is 10.8 Å². The SMILES string of the molecule is CC1(C(O)C(CN)c2cccc(Cl)c2)CCCC1. The van der Waals surface area contributed by atoms with Crippen molar-refractivity contribution >= 4 is 11.6 Å². The smallest absolute Gasteiger partial charge is 0.0674 e. The molecular formula is C15H22ClNO. The molecule has 2 rings (SSSR count). The van der Waals surface area contributed by atoms with Gasteiger partial charge in [-0.15, -0.1) is 0 Å². The first-order valence-corrected chi connectivity index (χ1v) is 7.08. The topological polar surface area (TPSA) is 46.2 Å². The Hall–Kier alpha value is -0.570. The second-order valence-electron chi connectivity index (χ2n) is 5.70. The number of hydrogen-bond acceptors (Lipinski definition) is 2. The number of hydrogen-bond donors (Lipinski definition) is 2. The predicted molar refractivity (Wildman–Crippen MR) is 75.8 cm³/mol. The number of rotatable bonds is 4. The lowest BCUT2D eigenvalue weighted by atomic mass is 9.74. The van der Waals surface area contributed by atoms with Gasteiger partial charge in [-0.2, -0.15) is 0 Å². The lowest BCUT2D eigenvalue weighted by molar-refractivity contribution is 0.0213. The van der Waals surface area contributed by atoms with E-state index in [9.17, 15) is 5.11 Å². The van der Waals surface area contributed by atoms with Crippen LogP contribution >= 0.6 is 11.6 Å². The van der Waals surface area contributed by atoms with Gasteiger partial charge in [-0.05, 0) is 36.0 Å². The molecule has 1 aliphatic carbocycles. The summed E-state index contributed by atoms with van der Waals surface area (Å²) in [5, 5.41) is 11.4. The van der Waals surface area contributed by atoms with Crippen molar-refractivity contribution in [3.63, 3.8) is 0 Å². The van der Waals surface area contributed by atoms with Crippen molar-refractivity contribution in [2.45, 2.75) is 44.6 Å². The van der Waals surface area contributed by atoms with E-state index < -0.39 is 0 Å². The van der Waals surface area contributed by atoms with E-state index >= 15 is 0 Å². The molecule has 100 valence electrons. The van der Waals surface area contributed by atoms with E-state index in [-0.39, 0.29) is 17.4 Å². The average Bonchev–Trinajstić information content (AvgIpc) is 2.78. The summed E-state index contributed by atoms with van der Waals surface area (Å²) in [6.45, 7) is 2.63. The molecule has 0 saturated heterocycles. The van der Waals surface area contributed by atoms with Gasteiger partial charge in [0, 0.05) is 17.5 Å². The minimum Gasteiger partial charge on any atom is -0.392 e. The molecular weight excluding hydrogens is 246 g/mol. The number of halogens is 1. The van der Waals surface area contributed by atoms with Crippen LogP contribution in [0.2, 0.25) is 5.02 Å². The molecule has 1 fully saturated rings. The normalized spacial score (nSPS) is 21.8. The summed E-state index contributed by atoms with van der Waals surface area (Å²) < 4.78 is 0. The Kier molecular flexibility index (Phi) is 4.31. The Balaban J connectivity index is 2.22. The molecule has 1 aromatic carbocycles. The van der Waals surface area contributed by atoms with Crippen molar-refractivity contribution in [3.8, 4) is 0 Å². The Bertz CT molecular complexity index is 401. The molecule has 0 bridgehead atoms. The molecule has 3 N–H and O–H groups in total. The van der Waals surface area contributed by atoms with Gasteiger partial charge >= 0.3 is 0 Å². The molecule has 1 aromatic rings. The van der Waals surface area contributed by atoms with Crippen LogP contribution in [-0.4, -0.2) is 17.8 Å². The van der Waals surface area contributed by atoms with Crippen LogP contribution in [-0.2, 0) is 0 Å². The van der Waals surface area contributed by atoms with E-state index in [2.05, 4.69) is 6.92 Å². The van der Waals surface area contributed by atoms with E-state index in [1.54, 1.807) is 0 Å². The monoisotopic (exact) mass is 267 g/mol. The highest BCUT2D eigenvalue weighted by molar-refractivity contribution is 6.30. The van der Waals surface area contributed by atoms with E-state index in [1.165, 1.54) is 12.8 Å². The Morgan fingerprint density at radius 2 is 2.06 bits per heavy atom. The van der Waals surface area contributed by atoms with Gasteiger partial charge in [-0.3, -0.25) is 0 Å². The molecule has 0 radical (unpaired) electrons. The molecule has 2 unspecified atom stereocenters. The molecule has 1 aliphatic rings. The van der Waals surface area contributed by atoms with Gasteiger partial charge in [0.15, 0.2) is 0 Å². The maximum atomic E-state index is 10.7. The molecule has 2 atom stereocenters. The van der Waals surface area contributed by atoms with Crippen LogP contribution in [0.15, 0.2) is 24.3 Å². The number of nitrogens with two attached hydrogens (primary N) is 1. The number of benzene rings is 1. The highest BCUT2D eigenvalue weighted by atomic mass is 35.5. The van der Waals surface area contributed by atoms with Crippen LogP contribution in [0.4, 0.5) is 0 Å². The largest absolute Gasteiger partial charge is 0.392 e. The molecule has 18 heavy (non-hydrogen) atoms. The summed E-state index contributed by atoms with van der Waals surface area (Å²) in [6, 6.07) is 7.69. The van der Waals surface area contributed by atoms with Crippen molar-refractivity contribution in [2.24, 2.45) is 11.1 Å². The summed E-state index contributed by atoms with van der Waals surface area (Å²) in [4.78, 5) is 0.